The molecule has 2 aromatic rings. The van der Waals surface area contributed by atoms with Crippen molar-refractivity contribution < 1.29 is 4.74 Å². The molecule has 2 rings (SSSR count). The highest BCUT2D eigenvalue weighted by atomic mass is 32.1. The molecule has 0 fully saturated rings. The third-order valence-electron chi connectivity index (χ3n) is 2.08. The lowest BCUT2D eigenvalue weighted by Gasteiger charge is -1.97. The Bertz CT molecular complexity index is 436. The minimum Gasteiger partial charge on any atom is -0.497 e. The molecule has 0 atom stereocenters. The molecule has 14 heavy (non-hydrogen) atoms. The Morgan fingerprint density at radius 3 is 2.93 bits per heavy atom. The third kappa shape index (κ3) is 1.68. The van der Waals surface area contributed by atoms with Crippen LogP contribution in [0.5, 0.6) is 5.75 Å². The van der Waals surface area contributed by atoms with E-state index in [1.54, 1.807) is 18.4 Å². The van der Waals surface area contributed by atoms with Crippen molar-refractivity contribution in [1.29, 1.82) is 0 Å². The normalized spacial score (nSPS) is 10.4. The van der Waals surface area contributed by atoms with Gasteiger partial charge in [-0.15, -0.1) is 11.3 Å². The topological polar surface area (TPSA) is 21.3 Å². The van der Waals surface area contributed by atoms with E-state index in [2.05, 4.69) is 30.4 Å². The molecule has 1 aromatic carbocycles. The van der Waals surface area contributed by atoms with Gasteiger partial charge in [0, 0.05) is 11.2 Å². The first-order valence-corrected chi connectivity index (χ1v) is 5.46. The first-order valence-electron chi connectivity index (χ1n) is 4.65. The predicted octanol–water partition coefficient (Wildman–Crippen LogP) is 3.34. The number of thiophene rings is 1. The van der Waals surface area contributed by atoms with E-state index >= 15 is 0 Å². The van der Waals surface area contributed by atoms with Crippen molar-refractivity contribution in [2.24, 2.45) is 0 Å². The molecule has 0 saturated carbocycles. The van der Waals surface area contributed by atoms with Crippen molar-refractivity contribution in [2.75, 3.05) is 19.0 Å². The first kappa shape index (κ1) is 9.34. The smallest absolute Gasteiger partial charge is 0.120 e. The van der Waals surface area contributed by atoms with Gasteiger partial charge in [0.2, 0.25) is 0 Å². The van der Waals surface area contributed by atoms with Gasteiger partial charge in [0.25, 0.3) is 0 Å². The molecule has 1 aromatic heterocycles. The number of hydrogen-bond donors (Lipinski definition) is 1. The van der Waals surface area contributed by atoms with E-state index < -0.39 is 0 Å². The number of fused-ring (bicyclic) bond motifs is 1. The molecular weight excluding hydrogens is 194 g/mol. The van der Waals surface area contributed by atoms with Gasteiger partial charge in [-0.1, -0.05) is 0 Å². The van der Waals surface area contributed by atoms with Gasteiger partial charge in [0.1, 0.15) is 5.75 Å². The lowest BCUT2D eigenvalue weighted by Crippen LogP contribution is -1.91. The summed E-state index contributed by atoms with van der Waals surface area (Å²) in [5.74, 6) is 0.919. The van der Waals surface area contributed by atoms with Crippen LogP contribution in [0.15, 0.2) is 24.3 Å². The van der Waals surface area contributed by atoms with Gasteiger partial charge in [-0.05, 0) is 36.6 Å². The molecule has 0 aliphatic heterocycles. The van der Waals surface area contributed by atoms with Crippen molar-refractivity contribution in [3.8, 4) is 5.75 Å². The van der Waals surface area contributed by atoms with E-state index in [-0.39, 0.29) is 0 Å². The molecule has 0 aliphatic carbocycles. The number of ether oxygens (including phenoxy) is 1. The first-order chi connectivity index (χ1) is 6.83. The summed E-state index contributed by atoms with van der Waals surface area (Å²) in [6.45, 7) is 3.06. The van der Waals surface area contributed by atoms with Gasteiger partial charge in [-0.25, -0.2) is 0 Å². The van der Waals surface area contributed by atoms with Crippen LogP contribution in [-0.2, 0) is 0 Å². The van der Waals surface area contributed by atoms with Gasteiger partial charge in [-0.3, -0.25) is 0 Å². The summed E-state index contributed by atoms with van der Waals surface area (Å²) in [6, 6.07) is 8.32. The molecule has 0 amide bonds. The van der Waals surface area contributed by atoms with Crippen LogP contribution >= 0.6 is 11.3 Å². The Hall–Kier alpha value is -1.22. The van der Waals surface area contributed by atoms with E-state index in [1.165, 1.54) is 15.1 Å². The van der Waals surface area contributed by atoms with Crippen molar-refractivity contribution in [3.63, 3.8) is 0 Å². The van der Waals surface area contributed by atoms with Crippen molar-refractivity contribution >= 4 is 26.4 Å². The maximum absolute atomic E-state index is 5.18. The Morgan fingerprint density at radius 2 is 2.21 bits per heavy atom. The maximum atomic E-state index is 5.18. The van der Waals surface area contributed by atoms with Gasteiger partial charge >= 0.3 is 0 Å². The summed E-state index contributed by atoms with van der Waals surface area (Å²) in [7, 11) is 1.69. The Labute approximate surface area is 87.5 Å². The Morgan fingerprint density at radius 1 is 1.36 bits per heavy atom. The zero-order valence-corrected chi connectivity index (χ0v) is 9.15. The quantitative estimate of drug-likeness (QED) is 0.833. The number of nitrogens with one attached hydrogen (secondary N) is 1. The summed E-state index contributed by atoms with van der Waals surface area (Å²) in [5, 5.41) is 5.80. The van der Waals surface area contributed by atoms with E-state index in [0.29, 0.717) is 0 Å². The summed E-state index contributed by atoms with van der Waals surface area (Å²) in [6.07, 6.45) is 0. The fraction of sp³-hybridized carbons (Fsp3) is 0.273. The van der Waals surface area contributed by atoms with Crippen LogP contribution in [0.25, 0.3) is 10.1 Å². The summed E-state index contributed by atoms with van der Waals surface area (Å²) in [4.78, 5) is 0. The highest BCUT2D eigenvalue weighted by Crippen LogP contribution is 2.32. The predicted molar refractivity (Wildman–Crippen MR) is 62.5 cm³/mol. The van der Waals surface area contributed by atoms with Crippen molar-refractivity contribution in [1.82, 2.24) is 0 Å². The van der Waals surface area contributed by atoms with E-state index in [0.717, 1.165) is 12.3 Å². The van der Waals surface area contributed by atoms with Gasteiger partial charge in [0.05, 0.1) is 12.1 Å². The molecule has 0 radical (unpaired) electrons. The molecule has 74 valence electrons. The SMILES string of the molecule is CCNc1cc2ccc(OC)cc2s1. The Kier molecular flexibility index (Phi) is 2.59. The highest BCUT2D eigenvalue weighted by Gasteiger charge is 2.01. The minimum atomic E-state index is 0.919. The number of rotatable bonds is 3. The molecule has 2 nitrogen and oxygen atoms in total. The lowest BCUT2D eigenvalue weighted by atomic mass is 10.2. The summed E-state index contributed by atoms with van der Waals surface area (Å²) in [5.41, 5.74) is 0. The van der Waals surface area contributed by atoms with Crippen LogP contribution in [0.2, 0.25) is 0 Å². The van der Waals surface area contributed by atoms with Gasteiger partial charge in [0.15, 0.2) is 0 Å². The molecule has 0 bridgehead atoms. The zero-order chi connectivity index (χ0) is 9.97. The number of benzene rings is 1. The molecular formula is C11H13NOS. The van der Waals surface area contributed by atoms with Gasteiger partial charge in [-0.2, -0.15) is 0 Å². The average Bonchev–Trinajstić information content (AvgIpc) is 2.59. The lowest BCUT2D eigenvalue weighted by molar-refractivity contribution is 0.415. The second kappa shape index (κ2) is 3.88. The Balaban J connectivity index is 2.43. The van der Waals surface area contributed by atoms with Crippen LogP contribution in [-0.4, -0.2) is 13.7 Å². The standard InChI is InChI=1S/C11H13NOS/c1-3-12-11-6-8-4-5-9(13-2)7-10(8)14-11/h4-7,12H,3H2,1-2H3. The largest absolute Gasteiger partial charge is 0.497 e. The van der Waals surface area contributed by atoms with Crippen molar-refractivity contribution in [3.05, 3.63) is 24.3 Å². The van der Waals surface area contributed by atoms with Crippen LogP contribution < -0.4 is 10.1 Å². The molecule has 3 heteroatoms. The molecule has 0 aliphatic rings. The third-order valence-corrected chi connectivity index (χ3v) is 3.13. The second-order valence-corrected chi connectivity index (χ2v) is 4.13. The van der Waals surface area contributed by atoms with Crippen molar-refractivity contribution in [2.45, 2.75) is 6.92 Å². The maximum Gasteiger partial charge on any atom is 0.120 e. The molecule has 0 spiro atoms. The average molecular weight is 207 g/mol. The summed E-state index contributed by atoms with van der Waals surface area (Å²) >= 11 is 1.76. The fourth-order valence-electron chi connectivity index (χ4n) is 1.40. The van der Waals surface area contributed by atoms with Gasteiger partial charge < -0.3 is 10.1 Å². The zero-order valence-electron chi connectivity index (χ0n) is 8.33. The van der Waals surface area contributed by atoms with Crippen LogP contribution in [0.4, 0.5) is 5.00 Å². The van der Waals surface area contributed by atoms with Crippen LogP contribution in [0.1, 0.15) is 6.92 Å². The van der Waals surface area contributed by atoms with E-state index in [1.807, 2.05) is 6.07 Å². The molecule has 0 saturated heterocycles. The van der Waals surface area contributed by atoms with Crippen LogP contribution in [0, 0.1) is 0 Å². The number of hydrogen-bond acceptors (Lipinski definition) is 3. The molecule has 1 N–H and O–H groups in total. The minimum absolute atomic E-state index is 0.919. The van der Waals surface area contributed by atoms with E-state index in [4.69, 9.17) is 4.74 Å². The molecule has 1 heterocycles. The molecule has 0 unspecified atom stereocenters. The highest BCUT2D eigenvalue weighted by molar-refractivity contribution is 7.22. The van der Waals surface area contributed by atoms with E-state index in [9.17, 15) is 0 Å². The number of methoxy groups -OCH3 is 1. The second-order valence-electron chi connectivity index (χ2n) is 3.04. The summed E-state index contributed by atoms with van der Waals surface area (Å²) < 4.78 is 6.44. The number of anilines is 1. The fourth-order valence-corrected chi connectivity index (χ4v) is 2.46. The monoisotopic (exact) mass is 207 g/mol. The van der Waals surface area contributed by atoms with Crippen LogP contribution in [0.3, 0.4) is 0 Å².